The lowest BCUT2D eigenvalue weighted by Gasteiger charge is -2.41. The number of piperidine rings is 2. The summed E-state index contributed by atoms with van der Waals surface area (Å²) in [6.07, 6.45) is 5.44. The highest BCUT2D eigenvalue weighted by Gasteiger charge is 2.30. The van der Waals surface area contributed by atoms with Crippen LogP contribution in [0.2, 0.25) is 0 Å². The Morgan fingerprint density at radius 2 is 1.72 bits per heavy atom. The maximum atomic E-state index is 10.9. The van der Waals surface area contributed by atoms with Crippen molar-refractivity contribution in [3.8, 4) is 0 Å². The van der Waals surface area contributed by atoms with E-state index in [1.54, 1.807) is 0 Å². The molecule has 0 aromatic rings. The van der Waals surface area contributed by atoms with Crippen LogP contribution in [0, 0.1) is 5.92 Å². The van der Waals surface area contributed by atoms with Crippen LogP contribution in [0.25, 0.3) is 0 Å². The molecular formula is C14H26N2O2. The van der Waals surface area contributed by atoms with E-state index in [2.05, 4.69) is 16.7 Å². The van der Waals surface area contributed by atoms with Gasteiger partial charge in [-0.3, -0.25) is 4.79 Å². The molecule has 2 saturated heterocycles. The Bertz CT molecular complexity index is 267. The molecule has 2 aliphatic heterocycles. The van der Waals surface area contributed by atoms with Gasteiger partial charge in [0, 0.05) is 6.04 Å². The summed E-state index contributed by atoms with van der Waals surface area (Å²) in [6, 6.07) is 0.702. The summed E-state index contributed by atoms with van der Waals surface area (Å²) >= 11 is 0. The summed E-state index contributed by atoms with van der Waals surface area (Å²) < 4.78 is 0. The number of aliphatic carboxylic acids is 1. The van der Waals surface area contributed by atoms with Gasteiger partial charge in [0.15, 0.2) is 0 Å². The number of rotatable bonds is 4. The quantitative estimate of drug-likeness (QED) is 0.828. The van der Waals surface area contributed by atoms with Gasteiger partial charge < -0.3 is 14.9 Å². The van der Waals surface area contributed by atoms with E-state index < -0.39 is 5.97 Å². The molecule has 2 rings (SSSR count). The predicted molar refractivity (Wildman–Crippen MR) is 71.7 cm³/mol. The molecule has 0 amide bonds. The average Bonchev–Trinajstić information content (AvgIpc) is 2.40. The Labute approximate surface area is 110 Å². The minimum atomic E-state index is -0.604. The van der Waals surface area contributed by atoms with Crippen LogP contribution in [0.1, 0.15) is 39.0 Å². The smallest absolute Gasteiger partial charge is 0.306 e. The van der Waals surface area contributed by atoms with Gasteiger partial charge in [-0.15, -0.1) is 0 Å². The first-order chi connectivity index (χ1) is 8.70. The molecule has 0 aromatic heterocycles. The second kappa shape index (κ2) is 6.53. The fraction of sp³-hybridized carbons (Fsp3) is 0.929. The first kappa shape index (κ1) is 13.8. The third-order valence-corrected chi connectivity index (χ3v) is 4.49. The van der Waals surface area contributed by atoms with Crippen molar-refractivity contribution in [3.63, 3.8) is 0 Å². The fourth-order valence-electron chi connectivity index (χ4n) is 3.34. The molecule has 4 nitrogen and oxygen atoms in total. The van der Waals surface area contributed by atoms with E-state index in [4.69, 9.17) is 5.11 Å². The van der Waals surface area contributed by atoms with Crippen LogP contribution in [0.3, 0.4) is 0 Å². The molecular weight excluding hydrogens is 228 g/mol. The summed E-state index contributed by atoms with van der Waals surface area (Å²) in [7, 11) is 0. The van der Waals surface area contributed by atoms with Crippen LogP contribution in [0.5, 0.6) is 0 Å². The highest BCUT2D eigenvalue weighted by atomic mass is 16.4. The maximum Gasteiger partial charge on any atom is 0.306 e. The Hall–Kier alpha value is -0.610. The van der Waals surface area contributed by atoms with Crippen molar-refractivity contribution in [2.24, 2.45) is 5.92 Å². The van der Waals surface area contributed by atoms with Gasteiger partial charge in [-0.1, -0.05) is 6.92 Å². The summed E-state index contributed by atoms with van der Waals surface area (Å²) in [4.78, 5) is 16.0. The van der Waals surface area contributed by atoms with Gasteiger partial charge in [-0.05, 0) is 64.8 Å². The van der Waals surface area contributed by atoms with E-state index in [0.717, 1.165) is 25.9 Å². The second-order valence-electron chi connectivity index (χ2n) is 5.72. The van der Waals surface area contributed by atoms with E-state index in [0.29, 0.717) is 6.04 Å². The minimum absolute atomic E-state index is 0.0959. The van der Waals surface area contributed by atoms with Crippen molar-refractivity contribution in [1.82, 2.24) is 9.80 Å². The molecule has 18 heavy (non-hydrogen) atoms. The van der Waals surface area contributed by atoms with Crippen molar-refractivity contribution in [1.29, 1.82) is 0 Å². The van der Waals surface area contributed by atoms with Crippen LogP contribution >= 0.6 is 0 Å². The molecule has 2 aliphatic rings. The lowest BCUT2D eigenvalue weighted by Crippen LogP contribution is -2.48. The third-order valence-electron chi connectivity index (χ3n) is 4.49. The van der Waals surface area contributed by atoms with Gasteiger partial charge in [0.05, 0.1) is 5.92 Å². The Morgan fingerprint density at radius 1 is 1.11 bits per heavy atom. The van der Waals surface area contributed by atoms with E-state index in [9.17, 15) is 4.79 Å². The molecule has 2 heterocycles. The maximum absolute atomic E-state index is 10.9. The minimum Gasteiger partial charge on any atom is -0.481 e. The van der Waals surface area contributed by atoms with Gasteiger partial charge in [-0.25, -0.2) is 0 Å². The Balaban J connectivity index is 1.73. The molecule has 0 aromatic carbocycles. The zero-order valence-electron chi connectivity index (χ0n) is 11.5. The SMILES string of the molecule is CCCN1CCC(N2CCC(C(=O)O)CC2)CC1. The molecule has 1 N–H and O–H groups in total. The van der Waals surface area contributed by atoms with Crippen LogP contribution < -0.4 is 0 Å². The van der Waals surface area contributed by atoms with Crippen molar-refractivity contribution in [2.45, 2.75) is 45.1 Å². The van der Waals surface area contributed by atoms with Crippen molar-refractivity contribution >= 4 is 5.97 Å². The number of hydrogen-bond acceptors (Lipinski definition) is 3. The second-order valence-corrected chi connectivity index (χ2v) is 5.72. The van der Waals surface area contributed by atoms with Crippen molar-refractivity contribution < 1.29 is 9.90 Å². The zero-order chi connectivity index (χ0) is 13.0. The van der Waals surface area contributed by atoms with Gasteiger partial charge in [0.25, 0.3) is 0 Å². The van der Waals surface area contributed by atoms with Crippen molar-refractivity contribution in [3.05, 3.63) is 0 Å². The molecule has 4 heteroatoms. The number of hydrogen-bond donors (Lipinski definition) is 1. The van der Waals surface area contributed by atoms with Crippen LogP contribution in [0.4, 0.5) is 0 Å². The van der Waals surface area contributed by atoms with E-state index in [1.807, 2.05) is 0 Å². The highest BCUT2D eigenvalue weighted by molar-refractivity contribution is 5.70. The molecule has 0 radical (unpaired) electrons. The van der Waals surface area contributed by atoms with E-state index in [-0.39, 0.29) is 5.92 Å². The zero-order valence-corrected chi connectivity index (χ0v) is 11.5. The number of nitrogens with zero attached hydrogens (tertiary/aromatic N) is 2. The van der Waals surface area contributed by atoms with Gasteiger partial charge in [0.1, 0.15) is 0 Å². The van der Waals surface area contributed by atoms with Crippen LogP contribution in [-0.2, 0) is 4.79 Å². The summed E-state index contributed by atoms with van der Waals surface area (Å²) in [6.45, 7) is 7.87. The standard InChI is InChI=1S/C14H26N2O2/c1-2-7-15-8-5-13(6-9-15)16-10-3-12(4-11-16)14(17)18/h12-13H,2-11H2,1H3,(H,17,18). The first-order valence-electron chi connectivity index (χ1n) is 7.40. The van der Waals surface area contributed by atoms with Gasteiger partial charge >= 0.3 is 5.97 Å². The van der Waals surface area contributed by atoms with E-state index in [1.165, 1.54) is 38.9 Å². The van der Waals surface area contributed by atoms with Gasteiger partial charge in [0.2, 0.25) is 0 Å². The van der Waals surface area contributed by atoms with Gasteiger partial charge in [-0.2, -0.15) is 0 Å². The largest absolute Gasteiger partial charge is 0.481 e. The predicted octanol–water partition coefficient (Wildman–Crippen LogP) is 1.66. The molecule has 104 valence electrons. The molecule has 0 atom stereocenters. The monoisotopic (exact) mass is 254 g/mol. The van der Waals surface area contributed by atoms with Crippen molar-refractivity contribution in [2.75, 3.05) is 32.7 Å². The number of carboxylic acid groups (broad SMARTS) is 1. The Kier molecular flexibility index (Phi) is 5.01. The summed E-state index contributed by atoms with van der Waals surface area (Å²) in [5.41, 5.74) is 0. The molecule has 0 saturated carbocycles. The lowest BCUT2D eigenvalue weighted by atomic mass is 9.93. The summed E-state index contributed by atoms with van der Waals surface area (Å²) in [5.74, 6) is -0.700. The lowest BCUT2D eigenvalue weighted by molar-refractivity contribution is -0.143. The average molecular weight is 254 g/mol. The number of carbonyl (C=O) groups is 1. The molecule has 0 unspecified atom stereocenters. The number of carboxylic acids is 1. The highest BCUT2D eigenvalue weighted by Crippen LogP contribution is 2.24. The molecule has 2 fully saturated rings. The number of likely N-dealkylation sites (tertiary alicyclic amines) is 2. The topological polar surface area (TPSA) is 43.8 Å². The van der Waals surface area contributed by atoms with Crippen LogP contribution in [0.15, 0.2) is 0 Å². The third kappa shape index (κ3) is 3.45. The molecule has 0 bridgehead atoms. The Morgan fingerprint density at radius 3 is 2.22 bits per heavy atom. The molecule has 0 aliphatic carbocycles. The fourth-order valence-corrected chi connectivity index (χ4v) is 3.34. The van der Waals surface area contributed by atoms with E-state index >= 15 is 0 Å². The first-order valence-corrected chi connectivity index (χ1v) is 7.40. The molecule has 0 spiro atoms. The summed E-state index contributed by atoms with van der Waals surface area (Å²) in [5, 5.41) is 9.00. The van der Waals surface area contributed by atoms with Crippen LogP contribution in [-0.4, -0.2) is 59.6 Å². The normalized spacial score (nSPS) is 25.4.